The van der Waals surface area contributed by atoms with E-state index in [4.69, 9.17) is 17.3 Å². The Kier molecular flexibility index (Phi) is 4.82. The molecule has 2 aliphatic rings. The number of fused-ring (bicyclic) bond motifs is 1. The van der Waals surface area contributed by atoms with Crippen LogP contribution in [0.1, 0.15) is 36.4 Å². The largest absolute Gasteiger partial charge is 0.328 e. The van der Waals surface area contributed by atoms with Crippen molar-refractivity contribution >= 4 is 21.4 Å². The standard InChI is InChI=1S/C20H23ClN2O2S/c21-15-2-1-3-17(13-15)26(24,25)18-5-6-19-14(12-18)4-7-20(19)23-10-8-16(22)9-11-23/h1-3,5-6,12-13,16,20H,4,7-11,22H2. The van der Waals surface area contributed by atoms with Crippen molar-refractivity contribution in [2.45, 2.75) is 47.6 Å². The fraction of sp³-hybridized carbons (Fsp3) is 0.400. The second kappa shape index (κ2) is 6.97. The molecule has 0 amide bonds. The minimum Gasteiger partial charge on any atom is -0.328 e. The van der Waals surface area contributed by atoms with Gasteiger partial charge in [0.05, 0.1) is 9.79 Å². The zero-order valence-electron chi connectivity index (χ0n) is 14.6. The first-order valence-corrected chi connectivity index (χ1v) is 10.9. The highest BCUT2D eigenvalue weighted by molar-refractivity contribution is 7.91. The number of piperidine rings is 1. The first kappa shape index (κ1) is 18.0. The van der Waals surface area contributed by atoms with Crippen LogP contribution in [-0.4, -0.2) is 32.4 Å². The van der Waals surface area contributed by atoms with Crippen LogP contribution in [0.25, 0.3) is 0 Å². The number of halogens is 1. The summed E-state index contributed by atoms with van der Waals surface area (Å²) < 4.78 is 25.8. The Morgan fingerprint density at radius 3 is 2.46 bits per heavy atom. The molecule has 1 saturated heterocycles. The van der Waals surface area contributed by atoms with E-state index in [2.05, 4.69) is 4.90 Å². The van der Waals surface area contributed by atoms with Gasteiger partial charge in [-0.3, -0.25) is 4.90 Å². The summed E-state index contributed by atoms with van der Waals surface area (Å²) in [7, 11) is -3.55. The molecule has 6 heteroatoms. The third-order valence-electron chi connectivity index (χ3n) is 5.59. The highest BCUT2D eigenvalue weighted by Gasteiger charge is 2.31. The molecular formula is C20H23ClN2O2S. The number of sulfone groups is 1. The molecule has 0 bridgehead atoms. The Morgan fingerprint density at radius 1 is 1.00 bits per heavy atom. The molecule has 1 heterocycles. The molecule has 1 fully saturated rings. The number of hydrogen-bond acceptors (Lipinski definition) is 4. The Balaban J connectivity index is 1.62. The van der Waals surface area contributed by atoms with E-state index >= 15 is 0 Å². The minimum atomic E-state index is -3.55. The van der Waals surface area contributed by atoms with Crippen LogP contribution >= 0.6 is 11.6 Å². The summed E-state index contributed by atoms with van der Waals surface area (Å²) in [6, 6.07) is 12.7. The smallest absolute Gasteiger partial charge is 0.206 e. The molecule has 26 heavy (non-hydrogen) atoms. The van der Waals surface area contributed by atoms with E-state index in [1.165, 1.54) is 11.6 Å². The molecule has 1 atom stereocenters. The number of aryl methyl sites for hydroxylation is 1. The molecule has 1 aliphatic carbocycles. The van der Waals surface area contributed by atoms with Gasteiger partial charge in [0.15, 0.2) is 0 Å². The highest BCUT2D eigenvalue weighted by Crippen LogP contribution is 2.38. The number of hydrogen-bond donors (Lipinski definition) is 1. The summed E-state index contributed by atoms with van der Waals surface area (Å²) in [5.41, 5.74) is 8.44. The number of rotatable bonds is 3. The van der Waals surface area contributed by atoms with Gasteiger partial charge in [-0.25, -0.2) is 8.42 Å². The molecule has 0 spiro atoms. The lowest BCUT2D eigenvalue weighted by Crippen LogP contribution is -2.41. The van der Waals surface area contributed by atoms with Crippen molar-refractivity contribution in [3.8, 4) is 0 Å². The van der Waals surface area contributed by atoms with Gasteiger partial charge in [0, 0.05) is 30.2 Å². The van der Waals surface area contributed by atoms with E-state index in [0.29, 0.717) is 22.0 Å². The molecular weight excluding hydrogens is 368 g/mol. The van der Waals surface area contributed by atoms with E-state index in [-0.39, 0.29) is 4.90 Å². The monoisotopic (exact) mass is 390 g/mol. The maximum atomic E-state index is 12.9. The average Bonchev–Trinajstić information content (AvgIpc) is 3.05. The Morgan fingerprint density at radius 2 is 1.73 bits per heavy atom. The van der Waals surface area contributed by atoms with Crippen molar-refractivity contribution in [3.63, 3.8) is 0 Å². The first-order chi connectivity index (χ1) is 12.4. The fourth-order valence-corrected chi connectivity index (χ4v) is 5.73. The van der Waals surface area contributed by atoms with Crippen LogP contribution < -0.4 is 5.73 Å². The second-order valence-electron chi connectivity index (χ2n) is 7.25. The molecule has 0 radical (unpaired) electrons. The lowest BCUT2D eigenvalue weighted by Gasteiger charge is -2.35. The second-order valence-corrected chi connectivity index (χ2v) is 9.64. The van der Waals surface area contributed by atoms with Crippen LogP contribution in [0.4, 0.5) is 0 Å². The number of likely N-dealkylation sites (tertiary alicyclic amines) is 1. The Hall–Kier alpha value is -1.40. The molecule has 1 aliphatic heterocycles. The fourth-order valence-electron chi connectivity index (χ4n) is 4.12. The van der Waals surface area contributed by atoms with Gasteiger partial charge in [0.25, 0.3) is 0 Å². The molecule has 1 unspecified atom stereocenters. The van der Waals surface area contributed by atoms with Gasteiger partial charge in [0.2, 0.25) is 9.84 Å². The van der Waals surface area contributed by atoms with E-state index < -0.39 is 9.84 Å². The minimum absolute atomic E-state index is 0.240. The number of benzene rings is 2. The van der Waals surface area contributed by atoms with E-state index in [9.17, 15) is 8.42 Å². The third-order valence-corrected chi connectivity index (χ3v) is 7.58. The lowest BCUT2D eigenvalue weighted by atomic mass is 10.0. The van der Waals surface area contributed by atoms with Gasteiger partial charge in [-0.15, -0.1) is 0 Å². The highest BCUT2D eigenvalue weighted by atomic mass is 35.5. The molecule has 2 aromatic carbocycles. The quantitative estimate of drug-likeness (QED) is 0.869. The van der Waals surface area contributed by atoms with Crippen molar-refractivity contribution in [2.24, 2.45) is 5.73 Å². The summed E-state index contributed by atoms with van der Waals surface area (Å²) >= 11 is 5.97. The van der Waals surface area contributed by atoms with Gasteiger partial charge in [-0.1, -0.05) is 23.7 Å². The number of nitrogens with zero attached hydrogens (tertiary/aromatic N) is 1. The molecule has 0 saturated carbocycles. The lowest BCUT2D eigenvalue weighted by molar-refractivity contribution is 0.153. The zero-order valence-corrected chi connectivity index (χ0v) is 16.1. The van der Waals surface area contributed by atoms with E-state index in [1.54, 1.807) is 24.3 Å². The molecule has 4 rings (SSSR count). The van der Waals surface area contributed by atoms with Gasteiger partial charge in [-0.05, 0) is 67.1 Å². The summed E-state index contributed by atoms with van der Waals surface area (Å²) in [5.74, 6) is 0. The van der Waals surface area contributed by atoms with Crippen molar-refractivity contribution < 1.29 is 8.42 Å². The normalized spacial score (nSPS) is 21.7. The number of nitrogens with two attached hydrogens (primary N) is 1. The van der Waals surface area contributed by atoms with Gasteiger partial charge < -0.3 is 5.73 Å². The van der Waals surface area contributed by atoms with Crippen LogP contribution in [0.3, 0.4) is 0 Å². The topological polar surface area (TPSA) is 63.4 Å². The van der Waals surface area contributed by atoms with Crippen molar-refractivity contribution in [1.82, 2.24) is 4.90 Å². The average molecular weight is 391 g/mol. The molecule has 0 aromatic heterocycles. The van der Waals surface area contributed by atoms with Crippen LogP contribution in [0.5, 0.6) is 0 Å². The van der Waals surface area contributed by atoms with Crippen molar-refractivity contribution in [1.29, 1.82) is 0 Å². The Bertz CT molecular complexity index is 921. The predicted molar refractivity (Wildman–Crippen MR) is 103 cm³/mol. The molecule has 4 nitrogen and oxygen atoms in total. The molecule has 138 valence electrons. The summed E-state index contributed by atoms with van der Waals surface area (Å²) in [6.07, 6.45) is 4.03. The van der Waals surface area contributed by atoms with Gasteiger partial charge >= 0.3 is 0 Å². The van der Waals surface area contributed by atoms with Gasteiger partial charge in [0.1, 0.15) is 0 Å². The zero-order chi connectivity index (χ0) is 18.3. The van der Waals surface area contributed by atoms with E-state index in [0.717, 1.165) is 44.3 Å². The molecule has 2 N–H and O–H groups in total. The summed E-state index contributed by atoms with van der Waals surface area (Å²) in [5, 5.41) is 0.426. The van der Waals surface area contributed by atoms with Crippen LogP contribution in [0.2, 0.25) is 5.02 Å². The maximum Gasteiger partial charge on any atom is 0.206 e. The van der Waals surface area contributed by atoms with Gasteiger partial charge in [-0.2, -0.15) is 0 Å². The van der Waals surface area contributed by atoms with Crippen molar-refractivity contribution in [2.75, 3.05) is 13.1 Å². The Labute approximate surface area is 159 Å². The third kappa shape index (κ3) is 3.29. The first-order valence-electron chi connectivity index (χ1n) is 9.08. The SMILES string of the molecule is NC1CCN(C2CCc3cc(S(=O)(=O)c4cccc(Cl)c4)ccc32)CC1. The van der Waals surface area contributed by atoms with Crippen LogP contribution in [-0.2, 0) is 16.3 Å². The predicted octanol–water partition coefficient (Wildman–Crippen LogP) is 3.58. The van der Waals surface area contributed by atoms with Crippen LogP contribution in [0, 0.1) is 0 Å². The molecule has 2 aromatic rings. The van der Waals surface area contributed by atoms with Crippen molar-refractivity contribution in [3.05, 3.63) is 58.6 Å². The summed E-state index contributed by atoms with van der Waals surface area (Å²) in [6.45, 7) is 2.04. The van der Waals surface area contributed by atoms with Crippen LogP contribution in [0.15, 0.2) is 52.3 Å². The van der Waals surface area contributed by atoms with E-state index in [1.807, 2.05) is 12.1 Å². The summed E-state index contributed by atoms with van der Waals surface area (Å²) in [4.78, 5) is 3.09. The maximum absolute atomic E-state index is 12.9.